The minimum Gasteiger partial charge on any atom is -0.345 e. The summed E-state index contributed by atoms with van der Waals surface area (Å²) in [5, 5.41) is 10.2. The van der Waals surface area contributed by atoms with Gasteiger partial charge in [0.1, 0.15) is 11.5 Å². The Bertz CT molecular complexity index is 1100. The Labute approximate surface area is 167 Å². The number of aromatic nitrogens is 2. The lowest BCUT2D eigenvalue weighted by Gasteiger charge is -2.72. The maximum absolute atomic E-state index is 13.0. The number of hydrogen-bond acceptors (Lipinski definition) is 3. The van der Waals surface area contributed by atoms with Crippen LogP contribution in [0.25, 0.3) is 5.52 Å². The van der Waals surface area contributed by atoms with Gasteiger partial charge in [0.25, 0.3) is 5.91 Å². The molecule has 3 saturated carbocycles. The molecule has 2 amide bonds. The van der Waals surface area contributed by atoms with E-state index in [2.05, 4.69) is 15.7 Å². The van der Waals surface area contributed by atoms with Crippen molar-refractivity contribution in [2.45, 2.75) is 31.7 Å². The largest absolute Gasteiger partial charge is 0.345 e. The van der Waals surface area contributed by atoms with E-state index in [1.165, 1.54) is 12.1 Å². The molecular weight excluding hydrogens is 371 g/mol. The van der Waals surface area contributed by atoms with Crippen LogP contribution in [0.15, 0.2) is 54.7 Å². The van der Waals surface area contributed by atoms with E-state index in [9.17, 15) is 14.0 Å². The van der Waals surface area contributed by atoms with E-state index in [4.69, 9.17) is 0 Å². The van der Waals surface area contributed by atoms with E-state index >= 15 is 0 Å². The molecule has 29 heavy (non-hydrogen) atoms. The summed E-state index contributed by atoms with van der Waals surface area (Å²) in [6, 6.07) is 13.1. The van der Waals surface area contributed by atoms with Crippen molar-refractivity contribution in [1.82, 2.24) is 14.9 Å². The second-order valence-electron chi connectivity index (χ2n) is 8.42. The number of carbonyl (C=O) groups excluding carboxylic acids is 2. The Kier molecular flexibility index (Phi) is 3.78. The topological polar surface area (TPSA) is 75.5 Å². The average Bonchev–Trinajstić information content (AvgIpc) is 3.13. The molecule has 0 radical (unpaired) electrons. The van der Waals surface area contributed by atoms with Gasteiger partial charge in [0.05, 0.1) is 11.7 Å². The minimum atomic E-state index is -0.334. The molecule has 2 N–H and O–H groups in total. The summed E-state index contributed by atoms with van der Waals surface area (Å²) in [7, 11) is 0. The summed E-state index contributed by atoms with van der Waals surface area (Å²) in [4.78, 5) is 25.4. The Balaban J connectivity index is 1.22. The number of nitrogens with one attached hydrogen (secondary N) is 2. The lowest BCUT2D eigenvalue weighted by atomic mass is 9.36. The van der Waals surface area contributed by atoms with Crippen molar-refractivity contribution in [3.05, 3.63) is 66.2 Å². The molecule has 2 bridgehead atoms. The van der Waals surface area contributed by atoms with Crippen LogP contribution in [0.5, 0.6) is 0 Å². The number of anilines is 1. The molecule has 3 fully saturated rings. The number of hydrogen-bond donors (Lipinski definition) is 2. The molecule has 0 aliphatic heterocycles. The number of rotatable bonds is 5. The number of carbonyl (C=O) groups is 2. The summed E-state index contributed by atoms with van der Waals surface area (Å²) in [6.45, 7) is 1.92. The van der Waals surface area contributed by atoms with E-state index in [1.807, 2.05) is 25.1 Å². The van der Waals surface area contributed by atoms with E-state index < -0.39 is 0 Å². The first kappa shape index (κ1) is 17.8. The van der Waals surface area contributed by atoms with Crippen molar-refractivity contribution in [3.63, 3.8) is 0 Å². The van der Waals surface area contributed by atoms with E-state index in [0.29, 0.717) is 11.4 Å². The molecule has 3 aliphatic carbocycles. The summed E-state index contributed by atoms with van der Waals surface area (Å²) in [5.74, 6) is -0.728. The van der Waals surface area contributed by atoms with Gasteiger partial charge in [0, 0.05) is 17.1 Å². The van der Waals surface area contributed by atoms with Crippen molar-refractivity contribution in [3.8, 4) is 0 Å². The fourth-order valence-electron chi connectivity index (χ4n) is 4.95. The average molecular weight is 392 g/mol. The predicted octanol–water partition coefficient (Wildman–Crippen LogP) is 3.40. The highest BCUT2D eigenvalue weighted by molar-refractivity contribution is 5.95. The molecule has 1 atom stereocenters. The third kappa shape index (κ3) is 2.80. The zero-order valence-corrected chi connectivity index (χ0v) is 16.0. The van der Waals surface area contributed by atoms with E-state index in [-0.39, 0.29) is 34.5 Å². The van der Waals surface area contributed by atoms with Crippen LogP contribution in [0.3, 0.4) is 0 Å². The number of halogens is 1. The number of fused-ring (bicyclic) bond motifs is 1. The SMILES string of the molecule is C[C@H](C(=O)Nc1ccc(F)cc1)C12CC(NC(=O)c3cccc4ccnn34)(C1)C2. The molecule has 0 saturated heterocycles. The molecule has 2 heterocycles. The van der Waals surface area contributed by atoms with Crippen LogP contribution in [-0.4, -0.2) is 27.0 Å². The monoisotopic (exact) mass is 392 g/mol. The lowest BCUT2D eigenvalue weighted by molar-refractivity contribution is -0.184. The van der Waals surface area contributed by atoms with Gasteiger partial charge in [-0.1, -0.05) is 13.0 Å². The minimum absolute atomic E-state index is 0.0717. The van der Waals surface area contributed by atoms with Gasteiger partial charge in [0.15, 0.2) is 0 Å². The number of nitrogens with zero attached hydrogens (tertiary/aromatic N) is 2. The highest BCUT2D eigenvalue weighted by Crippen LogP contribution is 2.70. The third-order valence-corrected chi connectivity index (χ3v) is 6.53. The molecule has 3 aliphatic rings. The highest BCUT2D eigenvalue weighted by Gasteiger charge is 2.71. The van der Waals surface area contributed by atoms with Crippen molar-refractivity contribution in [1.29, 1.82) is 0 Å². The van der Waals surface area contributed by atoms with Gasteiger partial charge in [-0.3, -0.25) is 9.59 Å². The van der Waals surface area contributed by atoms with Crippen molar-refractivity contribution >= 4 is 23.0 Å². The zero-order chi connectivity index (χ0) is 20.2. The van der Waals surface area contributed by atoms with Gasteiger partial charge < -0.3 is 10.6 Å². The highest BCUT2D eigenvalue weighted by atomic mass is 19.1. The number of benzene rings is 1. The van der Waals surface area contributed by atoms with E-state index in [0.717, 1.165) is 24.8 Å². The Morgan fingerprint density at radius 2 is 1.83 bits per heavy atom. The summed E-state index contributed by atoms with van der Waals surface area (Å²) in [5.41, 5.74) is 1.67. The van der Waals surface area contributed by atoms with Gasteiger partial charge in [0.2, 0.25) is 5.91 Å². The van der Waals surface area contributed by atoms with Crippen LogP contribution < -0.4 is 10.6 Å². The smallest absolute Gasteiger partial charge is 0.270 e. The van der Waals surface area contributed by atoms with Gasteiger partial charge in [-0.25, -0.2) is 8.91 Å². The number of amides is 2. The summed E-state index contributed by atoms with van der Waals surface area (Å²) < 4.78 is 14.7. The van der Waals surface area contributed by atoms with Crippen LogP contribution in [0.4, 0.5) is 10.1 Å². The molecule has 3 aromatic rings. The molecule has 6 rings (SSSR count). The maximum Gasteiger partial charge on any atom is 0.270 e. The maximum atomic E-state index is 13.0. The fraction of sp³-hybridized carbons (Fsp3) is 0.318. The third-order valence-electron chi connectivity index (χ3n) is 6.53. The van der Waals surface area contributed by atoms with E-state index in [1.54, 1.807) is 28.9 Å². The van der Waals surface area contributed by atoms with Crippen molar-refractivity contribution in [2.24, 2.45) is 11.3 Å². The fourth-order valence-corrected chi connectivity index (χ4v) is 4.95. The Morgan fingerprint density at radius 1 is 1.10 bits per heavy atom. The molecule has 0 unspecified atom stereocenters. The van der Waals surface area contributed by atoms with Crippen LogP contribution >= 0.6 is 0 Å². The second kappa shape index (κ2) is 6.14. The van der Waals surface area contributed by atoms with Gasteiger partial charge in [-0.05, 0) is 67.1 Å². The van der Waals surface area contributed by atoms with Crippen LogP contribution in [0.2, 0.25) is 0 Å². The van der Waals surface area contributed by atoms with Crippen molar-refractivity contribution < 1.29 is 14.0 Å². The molecule has 148 valence electrons. The summed E-state index contributed by atoms with van der Waals surface area (Å²) >= 11 is 0. The molecule has 6 nitrogen and oxygen atoms in total. The summed E-state index contributed by atoms with van der Waals surface area (Å²) in [6.07, 6.45) is 4.04. The van der Waals surface area contributed by atoms with Crippen LogP contribution in [0.1, 0.15) is 36.7 Å². The van der Waals surface area contributed by atoms with Gasteiger partial charge in [-0.2, -0.15) is 5.10 Å². The molecule has 1 aromatic carbocycles. The van der Waals surface area contributed by atoms with Crippen LogP contribution in [-0.2, 0) is 4.79 Å². The first-order chi connectivity index (χ1) is 13.9. The van der Waals surface area contributed by atoms with Crippen LogP contribution in [0, 0.1) is 17.2 Å². The zero-order valence-electron chi connectivity index (χ0n) is 16.0. The molecule has 2 aromatic heterocycles. The van der Waals surface area contributed by atoms with Crippen molar-refractivity contribution in [2.75, 3.05) is 5.32 Å². The predicted molar refractivity (Wildman–Crippen MR) is 106 cm³/mol. The lowest BCUT2D eigenvalue weighted by Crippen LogP contribution is -2.77. The Morgan fingerprint density at radius 3 is 2.55 bits per heavy atom. The standard InChI is InChI=1S/C22H21FN4O2/c1-14(19(28)25-16-7-5-15(23)6-8-16)21-11-22(12-21,13-21)26-20(29)18-4-2-3-17-9-10-24-27(17)18/h2-10,14H,11-13H2,1H3,(H,25,28)(H,26,29)/t14-,21?,22?/m1/s1. The quantitative estimate of drug-likeness (QED) is 0.699. The Hall–Kier alpha value is -3.22. The normalized spacial score (nSPS) is 25.6. The number of pyridine rings is 1. The van der Waals surface area contributed by atoms with Gasteiger partial charge >= 0.3 is 0 Å². The second-order valence-corrected chi connectivity index (χ2v) is 8.42. The molecular formula is C22H21FN4O2. The first-order valence-corrected chi connectivity index (χ1v) is 9.72. The molecule has 7 heteroatoms. The molecule has 0 spiro atoms. The first-order valence-electron chi connectivity index (χ1n) is 9.72. The van der Waals surface area contributed by atoms with Gasteiger partial charge in [-0.15, -0.1) is 0 Å².